The van der Waals surface area contributed by atoms with Crippen LogP contribution in [-0.2, 0) is 11.3 Å². The van der Waals surface area contributed by atoms with E-state index in [0.29, 0.717) is 5.65 Å². The van der Waals surface area contributed by atoms with Crippen molar-refractivity contribution >= 4 is 17.1 Å². The molecule has 2 aromatic heterocycles. The fraction of sp³-hybridized carbons (Fsp3) is 0.440. The standard InChI is InChI=1S/C25H32N4O2/c1-18-16-29(24(30)31-25(2,3)4)23-22(18)14-21(15-26-23)20-8-6-19(7-9-20)17-28-12-10-27(5)11-13-28/h6-9,14-16H,10-13,17H2,1-5H3. The molecule has 0 aliphatic carbocycles. The van der Waals surface area contributed by atoms with Crippen molar-refractivity contribution < 1.29 is 9.53 Å². The van der Waals surface area contributed by atoms with E-state index in [1.807, 2.05) is 33.9 Å². The molecule has 6 heteroatoms. The molecular weight excluding hydrogens is 388 g/mol. The third-order valence-corrected chi connectivity index (χ3v) is 5.72. The van der Waals surface area contributed by atoms with Crippen LogP contribution < -0.4 is 0 Å². The van der Waals surface area contributed by atoms with Gasteiger partial charge in [0.25, 0.3) is 0 Å². The first kappa shape index (κ1) is 21.5. The molecule has 0 saturated carbocycles. The Morgan fingerprint density at radius 1 is 1.06 bits per heavy atom. The van der Waals surface area contributed by atoms with Gasteiger partial charge in [-0.25, -0.2) is 14.3 Å². The van der Waals surface area contributed by atoms with Gasteiger partial charge in [0.2, 0.25) is 0 Å². The average Bonchev–Trinajstić information content (AvgIpc) is 3.05. The molecule has 1 aromatic carbocycles. The van der Waals surface area contributed by atoms with Gasteiger partial charge >= 0.3 is 6.09 Å². The van der Waals surface area contributed by atoms with Crippen molar-refractivity contribution in [2.75, 3.05) is 33.2 Å². The van der Waals surface area contributed by atoms with Crippen molar-refractivity contribution in [3.63, 3.8) is 0 Å². The molecule has 0 radical (unpaired) electrons. The van der Waals surface area contributed by atoms with E-state index in [1.54, 1.807) is 6.20 Å². The number of ether oxygens (including phenoxy) is 1. The van der Waals surface area contributed by atoms with Crippen LogP contribution in [0.15, 0.2) is 42.7 Å². The molecule has 1 aliphatic rings. The average molecular weight is 421 g/mol. The Morgan fingerprint density at radius 2 is 1.74 bits per heavy atom. The normalized spacial score (nSPS) is 16.0. The first-order chi connectivity index (χ1) is 14.7. The number of aromatic nitrogens is 2. The van der Waals surface area contributed by atoms with Gasteiger partial charge in [0, 0.05) is 56.1 Å². The number of piperazine rings is 1. The maximum absolute atomic E-state index is 12.6. The Morgan fingerprint density at radius 3 is 2.39 bits per heavy atom. The Balaban J connectivity index is 1.53. The first-order valence-electron chi connectivity index (χ1n) is 10.9. The van der Waals surface area contributed by atoms with Crippen LogP contribution in [0.4, 0.5) is 4.79 Å². The fourth-order valence-electron chi connectivity index (χ4n) is 3.94. The second-order valence-corrected chi connectivity index (χ2v) is 9.53. The minimum Gasteiger partial charge on any atom is -0.443 e. The van der Waals surface area contributed by atoms with E-state index in [-0.39, 0.29) is 0 Å². The molecule has 0 N–H and O–H groups in total. The highest BCUT2D eigenvalue weighted by Gasteiger charge is 2.21. The Bertz CT molecular complexity index is 1070. The van der Waals surface area contributed by atoms with Crippen LogP contribution in [0, 0.1) is 6.92 Å². The first-order valence-corrected chi connectivity index (χ1v) is 10.9. The zero-order valence-corrected chi connectivity index (χ0v) is 19.2. The van der Waals surface area contributed by atoms with Gasteiger partial charge in [-0.2, -0.15) is 0 Å². The van der Waals surface area contributed by atoms with E-state index in [4.69, 9.17) is 4.74 Å². The molecule has 6 nitrogen and oxygen atoms in total. The van der Waals surface area contributed by atoms with E-state index in [2.05, 4.69) is 52.2 Å². The molecule has 4 rings (SSSR count). The van der Waals surface area contributed by atoms with E-state index >= 15 is 0 Å². The Labute approximate surface area is 184 Å². The SMILES string of the molecule is Cc1cn(C(=O)OC(C)(C)C)c2ncc(-c3ccc(CN4CCN(C)CC4)cc3)cc12. The molecule has 3 aromatic rings. The molecule has 0 spiro atoms. The van der Waals surface area contributed by atoms with E-state index in [9.17, 15) is 4.79 Å². The maximum Gasteiger partial charge on any atom is 0.420 e. The van der Waals surface area contributed by atoms with Crippen molar-refractivity contribution in [3.8, 4) is 11.1 Å². The van der Waals surface area contributed by atoms with Gasteiger partial charge in [0.15, 0.2) is 0 Å². The van der Waals surface area contributed by atoms with Crippen LogP contribution >= 0.6 is 0 Å². The largest absolute Gasteiger partial charge is 0.443 e. The summed E-state index contributed by atoms with van der Waals surface area (Å²) in [6.45, 7) is 13.1. The zero-order valence-electron chi connectivity index (χ0n) is 19.2. The number of aryl methyl sites for hydroxylation is 1. The molecule has 3 heterocycles. The smallest absolute Gasteiger partial charge is 0.420 e. The third kappa shape index (κ3) is 4.97. The molecule has 0 amide bonds. The van der Waals surface area contributed by atoms with Crippen molar-refractivity contribution in [1.29, 1.82) is 0 Å². The highest BCUT2D eigenvalue weighted by molar-refractivity contribution is 5.91. The molecular formula is C25H32N4O2. The number of nitrogens with zero attached hydrogens (tertiary/aromatic N) is 4. The van der Waals surface area contributed by atoms with Crippen molar-refractivity contribution in [2.24, 2.45) is 0 Å². The van der Waals surface area contributed by atoms with Gasteiger partial charge in [0.1, 0.15) is 11.2 Å². The molecule has 164 valence electrons. The number of hydrogen-bond donors (Lipinski definition) is 0. The Hall–Kier alpha value is -2.70. The summed E-state index contributed by atoms with van der Waals surface area (Å²) in [5.74, 6) is 0. The van der Waals surface area contributed by atoms with Crippen LogP contribution in [0.3, 0.4) is 0 Å². The van der Waals surface area contributed by atoms with Crippen LogP contribution in [0.5, 0.6) is 0 Å². The number of benzene rings is 1. The summed E-state index contributed by atoms with van der Waals surface area (Å²) in [6.07, 6.45) is 3.23. The van der Waals surface area contributed by atoms with E-state index in [0.717, 1.165) is 54.8 Å². The number of rotatable bonds is 3. The van der Waals surface area contributed by atoms with Crippen molar-refractivity contribution in [2.45, 2.75) is 39.8 Å². The molecule has 0 unspecified atom stereocenters. The van der Waals surface area contributed by atoms with Crippen molar-refractivity contribution in [1.82, 2.24) is 19.4 Å². The lowest BCUT2D eigenvalue weighted by molar-refractivity contribution is 0.0543. The van der Waals surface area contributed by atoms with Gasteiger partial charge in [0.05, 0.1) is 0 Å². The molecule has 0 atom stereocenters. The summed E-state index contributed by atoms with van der Waals surface area (Å²) in [5, 5.41) is 0.963. The highest BCUT2D eigenvalue weighted by atomic mass is 16.6. The van der Waals surface area contributed by atoms with Gasteiger partial charge in [-0.05, 0) is 57.5 Å². The minimum absolute atomic E-state index is 0.404. The minimum atomic E-state index is -0.548. The van der Waals surface area contributed by atoms with E-state index < -0.39 is 11.7 Å². The Kier molecular flexibility index (Phi) is 5.86. The molecule has 1 aliphatic heterocycles. The molecule has 1 fully saturated rings. The summed E-state index contributed by atoms with van der Waals surface area (Å²) >= 11 is 0. The van der Waals surface area contributed by atoms with Crippen LogP contribution in [-0.4, -0.2) is 64.3 Å². The van der Waals surface area contributed by atoms with Gasteiger partial charge in [-0.3, -0.25) is 4.90 Å². The number of fused-ring (bicyclic) bond motifs is 1. The van der Waals surface area contributed by atoms with Crippen LogP contribution in [0.25, 0.3) is 22.2 Å². The molecule has 31 heavy (non-hydrogen) atoms. The van der Waals surface area contributed by atoms with Crippen LogP contribution in [0.2, 0.25) is 0 Å². The molecule has 0 bridgehead atoms. The summed E-state index contributed by atoms with van der Waals surface area (Å²) in [7, 11) is 2.18. The summed E-state index contributed by atoms with van der Waals surface area (Å²) < 4.78 is 7.02. The second-order valence-electron chi connectivity index (χ2n) is 9.53. The van der Waals surface area contributed by atoms with Crippen molar-refractivity contribution in [3.05, 3.63) is 53.9 Å². The number of pyridine rings is 1. The zero-order chi connectivity index (χ0) is 22.2. The highest BCUT2D eigenvalue weighted by Crippen LogP contribution is 2.27. The summed E-state index contributed by atoms with van der Waals surface area (Å²) in [4.78, 5) is 22.0. The number of carbonyl (C=O) groups is 1. The van der Waals surface area contributed by atoms with E-state index in [1.165, 1.54) is 10.1 Å². The summed E-state index contributed by atoms with van der Waals surface area (Å²) in [6, 6.07) is 10.8. The maximum atomic E-state index is 12.6. The monoisotopic (exact) mass is 420 g/mol. The lowest BCUT2D eigenvalue weighted by Gasteiger charge is -2.32. The molecule has 1 saturated heterocycles. The summed E-state index contributed by atoms with van der Waals surface area (Å²) in [5.41, 5.74) is 4.58. The number of likely N-dealkylation sites (N-methyl/N-ethyl adjacent to an activating group) is 1. The number of carbonyl (C=O) groups excluding carboxylic acids is 1. The van der Waals surface area contributed by atoms with Gasteiger partial charge in [-0.1, -0.05) is 24.3 Å². The van der Waals surface area contributed by atoms with Crippen LogP contribution in [0.1, 0.15) is 31.9 Å². The van der Waals surface area contributed by atoms with Gasteiger partial charge in [-0.15, -0.1) is 0 Å². The van der Waals surface area contributed by atoms with Gasteiger partial charge < -0.3 is 9.64 Å². The lowest BCUT2D eigenvalue weighted by Crippen LogP contribution is -2.43. The quantitative estimate of drug-likeness (QED) is 0.623. The fourth-order valence-corrected chi connectivity index (χ4v) is 3.94. The lowest BCUT2D eigenvalue weighted by atomic mass is 10.0. The predicted octanol–water partition coefficient (Wildman–Crippen LogP) is 4.54. The topological polar surface area (TPSA) is 50.6 Å². The third-order valence-electron chi connectivity index (χ3n) is 5.72. The number of hydrogen-bond acceptors (Lipinski definition) is 5. The predicted molar refractivity (Wildman–Crippen MR) is 124 cm³/mol. The second kappa shape index (κ2) is 8.44.